The van der Waals surface area contributed by atoms with Crippen molar-refractivity contribution in [2.75, 3.05) is 33.7 Å². The second-order valence-electron chi connectivity index (χ2n) is 5.30. The van der Waals surface area contributed by atoms with Crippen LogP contribution in [0.4, 0.5) is 4.39 Å². The molecular formula is C14H24BFN2O2. The summed E-state index contributed by atoms with van der Waals surface area (Å²) in [4.78, 5) is 4.34. The van der Waals surface area contributed by atoms with Gasteiger partial charge in [0.1, 0.15) is 5.82 Å². The summed E-state index contributed by atoms with van der Waals surface area (Å²) in [5, 5.41) is 18.7. The lowest BCUT2D eigenvalue weighted by Crippen LogP contribution is -2.38. The zero-order valence-electron chi connectivity index (χ0n) is 12.5. The number of hydrogen-bond acceptors (Lipinski definition) is 4. The summed E-state index contributed by atoms with van der Waals surface area (Å²) in [5.74, 6) is -0.452. The molecule has 112 valence electrons. The largest absolute Gasteiger partial charge is 0.488 e. The van der Waals surface area contributed by atoms with Crippen LogP contribution >= 0.6 is 0 Å². The Morgan fingerprint density at radius 2 is 1.85 bits per heavy atom. The molecule has 0 heterocycles. The average Bonchev–Trinajstić information content (AvgIpc) is 2.37. The quantitative estimate of drug-likeness (QED) is 0.672. The molecule has 0 bridgehead atoms. The van der Waals surface area contributed by atoms with Crippen LogP contribution in [0.5, 0.6) is 0 Å². The Morgan fingerprint density at radius 3 is 2.40 bits per heavy atom. The van der Waals surface area contributed by atoms with Crippen LogP contribution in [0.1, 0.15) is 18.9 Å². The third-order valence-electron chi connectivity index (χ3n) is 3.18. The first-order valence-electron chi connectivity index (χ1n) is 6.95. The van der Waals surface area contributed by atoms with E-state index in [1.165, 1.54) is 12.1 Å². The minimum absolute atomic E-state index is 0.246. The topological polar surface area (TPSA) is 46.9 Å². The highest BCUT2D eigenvalue weighted by Crippen LogP contribution is 2.06. The minimum Gasteiger partial charge on any atom is -0.423 e. The molecule has 0 aliphatic carbocycles. The van der Waals surface area contributed by atoms with Crippen LogP contribution in [0.2, 0.25) is 0 Å². The Morgan fingerprint density at radius 1 is 1.15 bits per heavy atom. The van der Waals surface area contributed by atoms with Gasteiger partial charge in [-0.3, -0.25) is 4.90 Å². The molecule has 0 unspecified atom stereocenters. The summed E-state index contributed by atoms with van der Waals surface area (Å²) < 4.78 is 13.2. The van der Waals surface area contributed by atoms with E-state index >= 15 is 0 Å². The van der Waals surface area contributed by atoms with E-state index in [1.807, 2.05) is 14.1 Å². The number of benzene rings is 1. The van der Waals surface area contributed by atoms with Crippen LogP contribution in [-0.2, 0) is 6.54 Å². The Bertz CT molecular complexity index is 416. The molecule has 0 saturated carbocycles. The fraction of sp³-hybridized carbons (Fsp3) is 0.571. The highest BCUT2D eigenvalue weighted by molar-refractivity contribution is 6.59. The first kappa shape index (κ1) is 17.1. The number of hydrogen-bond donors (Lipinski definition) is 2. The maximum atomic E-state index is 13.2. The molecule has 1 aromatic rings. The zero-order chi connectivity index (χ0) is 15.1. The number of nitrogens with zero attached hydrogens (tertiary/aromatic N) is 2. The summed E-state index contributed by atoms with van der Waals surface area (Å²) in [6.45, 7) is 5.44. The Labute approximate surface area is 121 Å². The number of likely N-dealkylation sites (N-methyl/N-ethyl adjacent to an activating group) is 1. The van der Waals surface area contributed by atoms with Gasteiger partial charge in [0.05, 0.1) is 0 Å². The number of halogens is 1. The lowest BCUT2D eigenvalue weighted by molar-refractivity contribution is 0.234. The molecule has 20 heavy (non-hydrogen) atoms. The molecule has 0 saturated heterocycles. The van der Waals surface area contributed by atoms with Crippen molar-refractivity contribution in [3.8, 4) is 0 Å². The highest BCUT2D eigenvalue weighted by atomic mass is 19.1. The Hall–Kier alpha value is -0.945. The van der Waals surface area contributed by atoms with E-state index in [9.17, 15) is 14.4 Å². The van der Waals surface area contributed by atoms with Crippen LogP contribution in [-0.4, -0.2) is 60.7 Å². The van der Waals surface area contributed by atoms with Crippen molar-refractivity contribution in [3.05, 3.63) is 29.6 Å². The van der Waals surface area contributed by atoms with Gasteiger partial charge >= 0.3 is 7.12 Å². The summed E-state index contributed by atoms with van der Waals surface area (Å²) in [6, 6.07) is 4.18. The van der Waals surface area contributed by atoms with Gasteiger partial charge in [0.2, 0.25) is 0 Å². The zero-order valence-corrected chi connectivity index (χ0v) is 12.5. The SMILES string of the molecule is CCCN(CCN(C)C)Cc1ccc(F)cc1B(O)O. The van der Waals surface area contributed by atoms with Crippen molar-refractivity contribution in [3.63, 3.8) is 0 Å². The third kappa shape index (κ3) is 5.59. The fourth-order valence-electron chi connectivity index (χ4n) is 2.12. The van der Waals surface area contributed by atoms with Crippen molar-refractivity contribution in [2.24, 2.45) is 0 Å². The van der Waals surface area contributed by atoms with Crippen molar-refractivity contribution < 1.29 is 14.4 Å². The predicted octanol–water partition coefficient (Wildman–Crippen LogP) is 0.279. The van der Waals surface area contributed by atoms with Crippen LogP contribution in [0.3, 0.4) is 0 Å². The molecule has 4 nitrogen and oxygen atoms in total. The van der Waals surface area contributed by atoms with Crippen LogP contribution < -0.4 is 5.46 Å². The maximum absolute atomic E-state index is 13.2. The predicted molar refractivity (Wildman–Crippen MR) is 80.3 cm³/mol. The van der Waals surface area contributed by atoms with E-state index < -0.39 is 12.9 Å². The molecule has 2 N–H and O–H groups in total. The van der Waals surface area contributed by atoms with Gasteiger partial charge < -0.3 is 14.9 Å². The van der Waals surface area contributed by atoms with Gasteiger partial charge in [0.25, 0.3) is 0 Å². The lowest BCUT2D eigenvalue weighted by atomic mass is 9.77. The van der Waals surface area contributed by atoms with E-state index in [4.69, 9.17) is 0 Å². The average molecular weight is 282 g/mol. The van der Waals surface area contributed by atoms with Crippen molar-refractivity contribution in [2.45, 2.75) is 19.9 Å². The van der Waals surface area contributed by atoms with Gasteiger partial charge in [-0.05, 0) is 50.2 Å². The first-order valence-corrected chi connectivity index (χ1v) is 6.95. The number of rotatable bonds is 8. The van der Waals surface area contributed by atoms with Crippen LogP contribution in [0.25, 0.3) is 0 Å². The summed E-state index contributed by atoms with van der Waals surface area (Å²) >= 11 is 0. The minimum atomic E-state index is -1.64. The molecule has 6 heteroatoms. The summed E-state index contributed by atoms with van der Waals surface area (Å²) in [5.41, 5.74) is 1.00. The summed E-state index contributed by atoms with van der Waals surface area (Å²) in [6.07, 6.45) is 1.02. The molecule has 0 fully saturated rings. The van der Waals surface area contributed by atoms with E-state index in [1.54, 1.807) is 6.07 Å². The highest BCUT2D eigenvalue weighted by Gasteiger charge is 2.18. The van der Waals surface area contributed by atoms with Gasteiger partial charge in [0, 0.05) is 19.6 Å². The van der Waals surface area contributed by atoms with Gasteiger partial charge in [-0.1, -0.05) is 13.0 Å². The molecule has 0 spiro atoms. The van der Waals surface area contributed by atoms with E-state index in [0.717, 1.165) is 31.6 Å². The molecule has 0 aliphatic rings. The van der Waals surface area contributed by atoms with E-state index in [2.05, 4.69) is 16.7 Å². The van der Waals surface area contributed by atoms with Gasteiger partial charge in [-0.25, -0.2) is 4.39 Å². The van der Waals surface area contributed by atoms with Gasteiger partial charge in [-0.15, -0.1) is 0 Å². The molecule has 0 radical (unpaired) electrons. The molecule has 0 atom stereocenters. The molecule has 1 aromatic carbocycles. The molecule has 0 aromatic heterocycles. The molecule has 0 aliphatic heterocycles. The maximum Gasteiger partial charge on any atom is 0.488 e. The van der Waals surface area contributed by atoms with Crippen LogP contribution in [0, 0.1) is 5.82 Å². The van der Waals surface area contributed by atoms with Crippen molar-refractivity contribution in [1.82, 2.24) is 9.80 Å². The first-order chi connectivity index (χ1) is 9.43. The molecule has 1 rings (SSSR count). The van der Waals surface area contributed by atoms with Crippen molar-refractivity contribution in [1.29, 1.82) is 0 Å². The van der Waals surface area contributed by atoms with E-state index in [-0.39, 0.29) is 5.46 Å². The fourth-order valence-corrected chi connectivity index (χ4v) is 2.12. The summed E-state index contributed by atoms with van der Waals surface area (Å²) in [7, 11) is 2.40. The van der Waals surface area contributed by atoms with Gasteiger partial charge in [-0.2, -0.15) is 0 Å². The second kappa shape index (κ2) is 8.37. The monoisotopic (exact) mass is 282 g/mol. The Kier molecular flexibility index (Phi) is 7.16. The van der Waals surface area contributed by atoms with Gasteiger partial charge in [0.15, 0.2) is 0 Å². The molecular weight excluding hydrogens is 258 g/mol. The smallest absolute Gasteiger partial charge is 0.423 e. The van der Waals surface area contributed by atoms with Crippen molar-refractivity contribution >= 4 is 12.6 Å². The Balaban J connectivity index is 2.81. The normalized spacial score (nSPS) is 11.4. The standard InChI is InChI=1S/C14H24BFN2O2/c1-4-7-18(9-8-17(2)3)11-12-5-6-13(16)10-14(12)15(19)20/h5-6,10,19-20H,4,7-9,11H2,1-3H3. The second-order valence-corrected chi connectivity index (χ2v) is 5.30. The van der Waals surface area contributed by atoms with E-state index in [0.29, 0.717) is 6.54 Å². The molecule has 0 amide bonds. The lowest BCUT2D eigenvalue weighted by Gasteiger charge is -2.24. The third-order valence-corrected chi connectivity index (χ3v) is 3.18. The van der Waals surface area contributed by atoms with Crippen LogP contribution in [0.15, 0.2) is 18.2 Å².